The maximum absolute atomic E-state index is 12.4. The van der Waals surface area contributed by atoms with E-state index in [0.29, 0.717) is 17.7 Å². The molecule has 0 aliphatic carbocycles. The molecule has 7 nitrogen and oxygen atoms in total. The number of carbonyl (C=O) groups excluding carboxylic acids is 2. The summed E-state index contributed by atoms with van der Waals surface area (Å²) in [6.45, 7) is 4.37. The van der Waals surface area contributed by atoms with Crippen LogP contribution < -0.4 is 10.9 Å². The summed E-state index contributed by atoms with van der Waals surface area (Å²) in [5.74, 6) is -0.735. The lowest BCUT2D eigenvalue weighted by Crippen LogP contribution is -2.41. The third kappa shape index (κ3) is 4.05. The smallest absolute Gasteiger partial charge is 0.267 e. The molecule has 150 valence electrons. The molecule has 4 aromatic rings. The molecule has 1 heterocycles. The molecule has 4 rings (SSSR count). The molecule has 0 fully saturated rings. The second-order valence-electron chi connectivity index (χ2n) is 7.16. The van der Waals surface area contributed by atoms with Crippen LogP contribution in [0.5, 0.6) is 0 Å². The molecule has 0 saturated heterocycles. The number of para-hydroxylation sites is 1. The molecule has 2 N–H and O–H groups in total. The Morgan fingerprint density at radius 1 is 0.900 bits per heavy atom. The van der Waals surface area contributed by atoms with Gasteiger partial charge in [-0.3, -0.25) is 20.4 Å². The van der Waals surface area contributed by atoms with Crippen molar-refractivity contribution >= 4 is 22.8 Å². The zero-order valence-corrected chi connectivity index (χ0v) is 16.7. The van der Waals surface area contributed by atoms with Gasteiger partial charge in [-0.05, 0) is 55.3 Å². The van der Waals surface area contributed by atoms with Crippen LogP contribution in [0.2, 0.25) is 0 Å². The van der Waals surface area contributed by atoms with Gasteiger partial charge < -0.3 is 0 Å². The first-order valence-corrected chi connectivity index (χ1v) is 9.56. The Bertz CT molecular complexity index is 1230. The number of aromatic nitrogens is 3. The van der Waals surface area contributed by atoms with E-state index in [1.54, 1.807) is 18.2 Å². The van der Waals surface area contributed by atoms with Gasteiger partial charge in [0.05, 0.1) is 12.1 Å². The first-order valence-electron chi connectivity index (χ1n) is 9.56. The minimum Gasteiger partial charge on any atom is -0.267 e. The van der Waals surface area contributed by atoms with Crippen molar-refractivity contribution in [3.8, 4) is 0 Å². The average Bonchev–Trinajstić information content (AvgIpc) is 3.15. The molecule has 0 aliphatic rings. The Balaban J connectivity index is 1.38. The largest absolute Gasteiger partial charge is 0.269 e. The highest BCUT2D eigenvalue weighted by Gasteiger charge is 2.12. The van der Waals surface area contributed by atoms with Gasteiger partial charge in [0.15, 0.2) is 0 Å². The lowest BCUT2D eigenvalue weighted by atomic mass is 10.1. The highest BCUT2D eigenvalue weighted by atomic mass is 16.2. The summed E-state index contributed by atoms with van der Waals surface area (Å²) in [6, 6.07) is 20.4. The minimum absolute atomic E-state index is 0.351. The van der Waals surface area contributed by atoms with Crippen molar-refractivity contribution in [1.82, 2.24) is 25.8 Å². The Morgan fingerprint density at radius 2 is 1.63 bits per heavy atom. The third-order valence-electron chi connectivity index (χ3n) is 4.88. The van der Waals surface area contributed by atoms with Crippen LogP contribution in [0.3, 0.4) is 0 Å². The van der Waals surface area contributed by atoms with Crippen LogP contribution in [-0.4, -0.2) is 26.8 Å². The lowest BCUT2D eigenvalue weighted by Gasteiger charge is -2.10. The van der Waals surface area contributed by atoms with Gasteiger partial charge in [-0.1, -0.05) is 47.2 Å². The number of aryl methyl sites for hydroxylation is 2. The van der Waals surface area contributed by atoms with Gasteiger partial charge in [0, 0.05) is 11.1 Å². The third-order valence-corrected chi connectivity index (χ3v) is 4.88. The summed E-state index contributed by atoms with van der Waals surface area (Å²) in [5.41, 5.74) is 10.6. The first-order chi connectivity index (χ1) is 14.5. The number of rotatable bonds is 4. The number of nitrogens with zero attached hydrogens (tertiary/aromatic N) is 3. The molecule has 0 saturated carbocycles. The minimum atomic E-state index is -0.383. The van der Waals surface area contributed by atoms with Crippen molar-refractivity contribution < 1.29 is 9.59 Å². The SMILES string of the molecule is Cc1ccc(C(=O)NNC(=O)c2ccc(Cn3nnc4ccccc43)cc2)c(C)c1. The fraction of sp³-hybridized carbons (Fsp3) is 0.130. The van der Waals surface area contributed by atoms with E-state index in [2.05, 4.69) is 21.2 Å². The van der Waals surface area contributed by atoms with Crippen molar-refractivity contribution in [3.05, 3.63) is 94.5 Å². The van der Waals surface area contributed by atoms with Gasteiger partial charge >= 0.3 is 0 Å². The highest BCUT2D eigenvalue weighted by molar-refractivity contribution is 5.99. The zero-order chi connectivity index (χ0) is 21.1. The second-order valence-corrected chi connectivity index (χ2v) is 7.16. The van der Waals surface area contributed by atoms with Crippen molar-refractivity contribution in [1.29, 1.82) is 0 Å². The predicted octanol–water partition coefficient (Wildman–Crippen LogP) is 3.17. The number of hydrazine groups is 1. The highest BCUT2D eigenvalue weighted by Crippen LogP contribution is 2.13. The van der Waals surface area contributed by atoms with Crippen molar-refractivity contribution in [2.75, 3.05) is 0 Å². The zero-order valence-electron chi connectivity index (χ0n) is 16.7. The normalized spacial score (nSPS) is 10.7. The van der Waals surface area contributed by atoms with E-state index in [9.17, 15) is 9.59 Å². The number of hydrogen-bond acceptors (Lipinski definition) is 4. The van der Waals surface area contributed by atoms with Gasteiger partial charge in [0.2, 0.25) is 0 Å². The number of amides is 2. The molecule has 7 heteroatoms. The second kappa shape index (κ2) is 8.16. The Labute approximate surface area is 173 Å². The van der Waals surface area contributed by atoms with E-state index >= 15 is 0 Å². The molecule has 2 amide bonds. The van der Waals surface area contributed by atoms with Gasteiger partial charge in [-0.15, -0.1) is 5.10 Å². The Morgan fingerprint density at radius 3 is 2.40 bits per heavy atom. The van der Waals surface area contributed by atoms with E-state index in [4.69, 9.17) is 0 Å². The molecule has 0 atom stereocenters. The fourth-order valence-corrected chi connectivity index (χ4v) is 3.29. The quantitative estimate of drug-likeness (QED) is 0.516. The van der Waals surface area contributed by atoms with Crippen LogP contribution in [-0.2, 0) is 6.54 Å². The summed E-state index contributed by atoms with van der Waals surface area (Å²) in [4.78, 5) is 24.7. The fourth-order valence-electron chi connectivity index (χ4n) is 3.29. The molecule has 30 heavy (non-hydrogen) atoms. The molecule has 0 radical (unpaired) electrons. The number of fused-ring (bicyclic) bond motifs is 1. The Hall–Kier alpha value is -4.00. The van der Waals surface area contributed by atoms with E-state index < -0.39 is 0 Å². The molecule has 3 aromatic carbocycles. The number of carbonyl (C=O) groups is 2. The van der Waals surface area contributed by atoms with Gasteiger partial charge in [-0.2, -0.15) is 0 Å². The summed E-state index contributed by atoms with van der Waals surface area (Å²) >= 11 is 0. The van der Waals surface area contributed by atoms with Crippen LogP contribution >= 0.6 is 0 Å². The predicted molar refractivity (Wildman–Crippen MR) is 114 cm³/mol. The van der Waals surface area contributed by atoms with Crippen LogP contribution in [0.4, 0.5) is 0 Å². The molecule has 0 bridgehead atoms. The van der Waals surface area contributed by atoms with Crippen LogP contribution in [0.1, 0.15) is 37.4 Å². The first kappa shape index (κ1) is 19.3. The molecule has 0 aliphatic heterocycles. The molecule has 0 unspecified atom stereocenters. The monoisotopic (exact) mass is 399 g/mol. The summed E-state index contributed by atoms with van der Waals surface area (Å²) in [6.07, 6.45) is 0. The lowest BCUT2D eigenvalue weighted by molar-refractivity contribution is 0.0846. The van der Waals surface area contributed by atoms with Gasteiger partial charge in [-0.25, -0.2) is 4.68 Å². The van der Waals surface area contributed by atoms with Crippen LogP contribution in [0, 0.1) is 13.8 Å². The Kier molecular flexibility index (Phi) is 5.26. The number of benzene rings is 3. The molecule has 1 aromatic heterocycles. The van der Waals surface area contributed by atoms with Crippen molar-refractivity contribution in [2.45, 2.75) is 20.4 Å². The van der Waals surface area contributed by atoms with E-state index in [0.717, 1.165) is 27.7 Å². The standard InChI is InChI=1S/C23H21N5O2/c1-15-7-12-19(16(2)13-15)23(30)26-25-22(29)18-10-8-17(9-11-18)14-28-21-6-4-3-5-20(21)24-27-28/h3-13H,14H2,1-2H3,(H,25,29)(H,26,30). The van der Waals surface area contributed by atoms with Gasteiger partial charge in [0.25, 0.3) is 11.8 Å². The van der Waals surface area contributed by atoms with E-state index in [1.165, 1.54) is 0 Å². The van der Waals surface area contributed by atoms with Crippen molar-refractivity contribution in [2.24, 2.45) is 0 Å². The molecule has 0 spiro atoms. The average molecular weight is 399 g/mol. The summed E-state index contributed by atoms with van der Waals surface area (Å²) < 4.78 is 1.81. The topological polar surface area (TPSA) is 88.9 Å². The van der Waals surface area contributed by atoms with Gasteiger partial charge in [0.1, 0.15) is 5.52 Å². The van der Waals surface area contributed by atoms with E-state index in [1.807, 2.05) is 67.1 Å². The molecular formula is C23H21N5O2. The number of hydrogen-bond donors (Lipinski definition) is 2. The maximum Gasteiger partial charge on any atom is 0.269 e. The van der Waals surface area contributed by atoms with E-state index in [-0.39, 0.29) is 11.8 Å². The maximum atomic E-state index is 12.4. The van der Waals surface area contributed by atoms with Crippen molar-refractivity contribution in [3.63, 3.8) is 0 Å². The summed E-state index contributed by atoms with van der Waals surface area (Å²) in [7, 11) is 0. The van der Waals surface area contributed by atoms with Crippen LogP contribution in [0.15, 0.2) is 66.7 Å². The number of nitrogens with one attached hydrogen (secondary N) is 2. The molecular weight excluding hydrogens is 378 g/mol. The summed E-state index contributed by atoms with van der Waals surface area (Å²) in [5, 5.41) is 8.32. The van der Waals surface area contributed by atoms with Crippen LogP contribution in [0.25, 0.3) is 11.0 Å².